The molecule has 8 nitrogen and oxygen atoms in total. The molecule has 0 amide bonds. The van der Waals surface area contributed by atoms with Gasteiger partial charge in [0.05, 0.1) is 30.0 Å². The van der Waals surface area contributed by atoms with Crippen molar-refractivity contribution in [1.29, 1.82) is 0 Å². The molecule has 0 radical (unpaired) electrons. The normalized spacial score (nSPS) is 12.5. The zero-order valence-electron chi connectivity index (χ0n) is 31.9. The van der Waals surface area contributed by atoms with Gasteiger partial charge in [0.25, 0.3) is 0 Å². The van der Waals surface area contributed by atoms with Gasteiger partial charge in [-0.3, -0.25) is 0 Å². The fourth-order valence-electron chi connectivity index (χ4n) is 6.51. The monoisotopic (exact) mass is 704 g/mol. The second kappa shape index (κ2) is 18.6. The zero-order valence-corrected chi connectivity index (χ0v) is 31.9. The highest BCUT2D eigenvalue weighted by atomic mass is 16.5. The smallest absolute Gasteiger partial charge is 0.180 e. The molecule has 2 unspecified atom stereocenters. The topological polar surface area (TPSA) is 103 Å². The zero-order chi connectivity index (χ0) is 37.0. The third-order valence-electron chi connectivity index (χ3n) is 10.2. The Bertz CT molecular complexity index is 1790. The van der Waals surface area contributed by atoms with E-state index in [-0.39, 0.29) is 11.5 Å². The summed E-state index contributed by atoms with van der Waals surface area (Å²) >= 11 is 0. The van der Waals surface area contributed by atoms with E-state index in [0.717, 1.165) is 49.8 Å². The second-order valence-corrected chi connectivity index (χ2v) is 13.9. The van der Waals surface area contributed by atoms with E-state index in [2.05, 4.69) is 44.4 Å². The Morgan fingerprint density at radius 1 is 0.615 bits per heavy atom. The molecular formula is C44H56N4O4. The average Bonchev–Trinajstić information content (AvgIpc) is 3.63. The number of rotatable bonds is 19. The quantitative estimate of drug-likeness (QED) is 0.0882. The van der Waals surface area contributed by atoms with Crippen molar-refractivity contribution in [3.63, 3.8) is 0 Å². The molecule has 8 heteroatoms. The summed E-state index contributed by atoms with van der Waals surface area (Å²) < 4.78 is 14.6. The summed E-state index contributed by atoms with van der Waals surface area (Å²) in [6, 6.07) is 21.5. The highest BCUT2D eigenvalue weighted by molar-refractivity contribution is 5.74. The molecule has 0 spiro atoms. The largest absolute Gasteiger partial charge is 0.507 e. The van der Waals surface area contributed by atoms with Crippen molar-refractivity contribution in [2.75, 3.05) is 13.2 Å². The molecule has 2 N–H and O–H groups in total. The van der Waals surface area contributed by atoms with Crippen molar-refractivity contribution in [2.24, 2.45) is 11.8 Å². The van der Waals surface area contributed by atoms with Crippen molar-refractivity contribution < 1.29 is 19.7 Å². The van der Waals surface area contributed by atoms with Gasteiger partial charge in [-0.2, -0.15) is 0 Å². The minimum atomic E-state index is 0.0552. The number of benzene rings is 3. The number of phenols is 2. The Kier molecular flexibility index (Phi) is 13.7. The molecule has 5 aromatic rings. The highest BCUT2D eigenvalue weighted by Crippen LogP contribution is 2.40. The maximum absolute atomic E-state index is 11.6. The van der Waals surface area contributed by atoms with Crippen LogP contribution >= 0.6 is 0 Å². The molecule has 0 aliphatic carbocycles. The minimum absolute atomic E-state index is 0.0552. The van der Waals surface area contributed by atoms with Crippen LogP contribution in [0.5, 0.6) is 23.0 Å². The number of nitrogens with zero attached hydrogens (tertiary/aromatic N) is 4. The van der Waals surface area contributed by atoms with Crippen LogP contribution < -0.4 is 9.47 Å². The van der Waals surface area contributed by atoms with E-state index in [9.17, 15) is 10.2 Å². The minimum Gasteiger partial charge on any atom is -0.507 e. The Hall–Kier alpha value is -4.85. The average molecular weight is 705 g/mol. The Morgan fingerprint density at radius 2 is 1.12 bits per heavy atom. The van der Waals surface area contributed by atoms with Crippen molar-refractivity contribution in [3.05, 3.63) is 89.6 Å². The number of unbranched alkanes of at least 4 members (excludes halogenated alkanes) is 2. The fourth-order valence-corrected chi connectivity index (χ4v) is 6.51. The van der Waals surface area contributed by atoms with Crippen LogP contribution in [0.3, 0.4) is 0 Å². The van der Waals surface area contributed by atoms with Crippen LogP contribution in [0.15, 0.2) is 72.9 Å². The summed E-state index contributed by atoms with van der Waals surface area (Å²) in [6.07, 6.45) is 11.0. The van der Waals surface area contributed by atoms with Crippen LogP contribution in [0.4, 0.5) is 0 Å². The first-order valence-electron chi connectivity index (χ1n) is 19.1. The van der Waals surface area contributed by atoms with Crippen LogP contribution in [-0.2, 0) is 6.54 Å². The van der Waals surface area contributed by atoms with E-state index in [1.54, 1.807) is 12.1 Å². The Labute approximate surface area is 309 Å². The molecule has 5 rings (SSSR count). The lowest BCUT2D eigenvalue weighted by atomic mass is 10.0. The van der Waals surface area contributed by atoms with E-state index >= 15 is 0 Å². The highest BCUT2D eigenvalue weighted by Gasteiger charge is 2.22. The fraction of sp³-hybridized carbons (Fsp3) is 0.432. The first kappa shape index (κ1) is 38.4. The maximum Gasteiger partial charge on any atom is 0.180 e. The molecular weight excluding hydrogens is 649 g/mol. The Morgan fingerprint density at radius 3 is 1.60 bits per heavy atom. The van der Waals surface area contributed by atoms with Crippen molar-refractivity contribution >= 4 is 0 Å². The van der Waals surface area contributed by atoms with E-state index in [1.165, 1.54) is 12.8 Å². The van der Waals surface area contributed by atoms with Crippen molar-refractivity contribution in [2.45, 2.75) is 99.5 Å². The molecule has 52 heavy (non-hydrogen) atoms. The molecule has 0 saturated carbocycles. The van der Waals surface area contributed by atoms with Gasteiger partial charge >= 0.3 is 0 Å². The van der Waals surface area contributed by atoms with Gasteiger partial charge in [-0.15, -0.1) is 0 Å². The van der Waals surface area contributed by atoms with Gasteiger partial charge in [0, 0.05) is 23.9 Å². The first-order valence-corrected chi connectivity index (χ1v) is 19.1. The molecule has 0 aliphatic heterocycles. The number of aromatic nitrogens is 4. The van der Waals surface area contributed by atoms with E-state index in [1.807, 2.05) is 62.5 Å². The predicted octanol–water partition coefficient (Wildman–Crippen LogP) is 10.9. The molecule has 2 heterocycles. The van der Waals surface area contributed by atoms with Crippen LogP contribution in [-0.4, -0.2) is 42.9 Å². The lowest BCUT2D eigenvalue weighted by Gasteiger charge is -2.19. The standard InChI is InChI=1S/C44H56N4O4/c1-7-11-17-32(9-3)28-51-38-24-22-35(40(49)30(38)5)42-45-43(36-23-25-39(31(6)41(36)50)52-29-33(10-4)18-12-8-2)47-44(46-42)37-21-16-26-48(37)27-34-19-14-13-15-20-34/h13-16,19-26,32-33,49-50H,7-12,17-18,27-29H2,1-6H3. The number of hydrogen-bond acceptors (Lipinski definition) is 7. The van der Waals surface area contributed by atoms with E-state index < -0.39 is 0 Å². The van der Waals surface area contributed by atoms with Crippen LogP contribution in [0.25, 0.3) is 34.3 Å². The molecule has 0 aliphatic rings. The summed E-state index contributed by atoms with van der Waals surface area (Å²) in [5.41, 5.74) is 4.11. The number of ether oxygens (including phenoxy) is 2. The van der Waals surface area contributed by atoms with Gasteiger partial charge in [0.15, 0.2) is 17.5 Å². The second-order valence-electron chi connectivity index (χ2n) is 13.9. The maximum atomic E-state index is 11.6. The summed E-state index contributed by atoms with van der Waals surface area (Å²) in [6.45, 7) is 14.3. The third-order valence-corrected chi connectivity index (χ3v) is 10.2. The number of phenolic OH excluding ortho intramolecular Hbond substituents is 2. The summed E-state index contributed by atoms with van der Waals surface area (Å²) in [7, 11) is 0. The third kappa shape index (κ3) is 9.32. The van der Waals surface area contributed by atoms with Gasteiger partial charge in [0.1, 0.15) is 23.0 Å². The van der Waals surface area contributed by atoms with Gasteiger partial charge in [-0.25, -0.2) is 15.0 Å². The summed E-state index contributed by atoms with van der Waals surface area (Å²) in [5, 5.41) is 23.2. The van der Waals surface area contributed by atoms with Crippen LogP contribution in [0.2, 0.25) is 0 Å². The van der Waals surface area contributed by atoms with Gasteiger partial charge in [0.2, 0.25) is 0 Å². The van der Waals surface area contributed by atoms with E-state index in [0.29, 0.717) is 82.8 Å². The molecule has 0 bridgehead atoms. The first-order chi connectivity index (χ1) is 25.3. The molecule has 2 atom stereocenters. The van der Waals surface area contributed by atoms with Gasteiger partial charge < -0.3 is 24.3 Å². The van der Waals surface area contributed by atoms with Crippen LogP contribution in [0, 0.1) is 25.7 Å². The van der Waals surface area contributed by atoms with E-state index in [4.69, 9.17) is 24.4 Å². The molecule has 276 valence electrons. The molecule has 0 fully saturated rings. The van der Waals surface area contributed by atoms with Crippen molar-refractivity contribution in [3.8, 4) is 57.3 Å². The SMILES string of the molecule is CCCCC(CC)COc1ccc(-c2nc(-c3ccc(OCC(CC)CCCC)c(C)c3O)nc(-c3cccn3Cc3ccccc3)n2)c(O)c1C. The number of aromatic hydroxyl groups is 2. The lowest BCUT2D eigenvalue weighted by Crippen LogP contribution is -2.12. The number of hydrogen-bond donors (Lipinski definition) is 2. The molecule has 2 aromatic heterocycles. The van der Waals surface area contributed by atoms with Gasteiger partial charge in [-0.1, -0.05) is 96.6 Å². The lowest BCUT2D eigenvalue weighted by molar-refractivity contribution is 0.231. The summed E-state index contributed by atoms with van der Waals surface area (Å²) in [4.78, 5) is 14.7. The predicted molar refractivity (Wildman–Crippen MR) is 210 cm³/mol. The van der Waals surface area contributed by atoms with Gasteiger partial charge in [-0.05, 0) is 80.5 Å². The van der Waals surface area contributed by atoms with Crippen molar-refractivity contribution in [1.82, 2.24) is 19.5 Å². The molecule has 3 aromatic carbocycles. The van der Waals surface area contributed by atoms with Crippen LogP contribution in [0.1, 0.15) is 95.8 Å². The summed E-state index contributed by atoms with van der Waals surface area (Å²) in [5.74, 6) is 3.35. The molecule has 0 saturated heterocycles. The Balaban J connectivity index is 1.54.